The van der Waals surface area contributed by atoms with Crippen LogP contribution in [0.25, 0.3) is 76.8 Å². The van der Waals surface area contributed by atoms with Crippen molar-refractivity contribution in [1.29, 1.82) is 0 Å². The molecular weight excluding hydrogens is 540 g/mol. The van der Waals surface area contributed by atoms with Gasteiger partial charge in [0.2, 0.25) is 0 Å². The van der Waals surface area contributed by atoms with Crippen LogP contribution < -0.4 is 0 Å². The van der Waals surface area contributed by atoms with Crippen molar-refractivity contribution in [2.24, 2.45) is 0 Å². The van der Waals surface area contributed by atoms with Gasteiger partial charge in [-0.15, -0.1) is 0 Å². The molecule has 0 radical (unpaired) electrons. The first-order valence-corrected chi connectivity index (χ1v) is 15.9. The minimum absolute atomic E-state index is 0.0696. The lowest BCUT2D eigenvalue weighted by Gasteiger charge is -2.23. The fraction of sp³-hybridized carbons (Fsp3) is 0.0667. The van der Waals surface area contributed by atoms with Gasteiger partial charge in [-0.3, -0.25) is 0 Å². The molecule has 0 spiro atoms. The van der Waals surface area contributed by atoms with Crippen LogP contribution in [-0.4, -0.2) is 0 Å². The van der Waals surface area contributed by atoms with Crippen LogP contribution in [0.15, 0.2) is 158 Å². The molecular formula is C45H32. The minimum Gasteiger partial charge on any atom is -0.0622 e. The second-order valence-corrected chi connectivity index (χ2v) is 12.9. The summed E-state index contributed by atoms with van der Waals surface area (Å²) in [5.41, 5.74) is 13.1. The highest BCUT2D eigenvalue weighted by molar-refractivity contribution is 6.21. The van der Waals surface area contributed by atoms with Gasteiger partial charge < -0.3 is 0 Å². The Morgan fingerprint density at radius 1 is 0.356 bits per heavy atom. The number of hydrogen-bond acceptors (Lipinski definition) is 0. The lowest BCUT2D eigenvalue weighted by molar-refractivity contribution is 0.666. The van der Waals surface area contributed by atoms with Gasteiger partial charge in [-0.05, 0) is 94.0 Å². The van der Waals surface area contributed by atoms with Crippen molar-refractivity contribution in [1.82, 2.24) is 0 Å². The Morgan fingerprint density at radius 3 is 1.44 bits per heavy atom. The first-order chi connectivity index (χ1) is 22.1. The van der Waals surface area contributed by atoms with Crippen LogP contribution in [0, 0.1) is 0 Å². The van der Waals surface area contributed by atoms with Crippen LogP contribution in [0.5, 0.6) is 0 Å². The van der Waals surface area contributed by atoms with Crippen molar-refractivity contribution in [3.05, 3.63) is 169 Å². The summed E-state index contributed by atoms with van der Waals surface area (Å²) in [6, 6.07) is 58.2. The zero-order valence-corrected chi connectivity index (χ0v) is 25.5. The average Bonchev–Trinajstić information content (AvgIpc) is 3.33. The fourth-order valence-electron chi connectivity index (χ4n) is 7.96. The van der Waals surface area contributed by atoms with E-state index < -0.39 is 0 Å². The van der Waals surface area contributed by atoms with E-state index in [1.165, 1.54) is 88.0 Å². The number of hydrogen-bond donors (Lipinski definition) is 0. The predicted molar refractivity (Wildman–Crippen MR) is 193 cm³/mol. The van der Waals surface area contributed by atoms with Gasteiger partial charge in [0.15, 0.2) is 0 Å². The van der Waals surface area contributed by atoms with E-state index in [1.54, 1.807) is 0 Å². The van der Waals surface area contributed by atoms with E-state index in [-0.39, 0.29) is 5.41 Å². The van der Waals surface area contributed by atoms with E-state index in [2.05, 4.69) is 172 Å². The lowest BCUT2D eigenvalue weighted by atomic mass is 9.79. The van der Waals surface area contributed by atoms with Crippen molar-refractivity contribution >= 4 is 32.3 Å². The Hall–Kier alpha value is -5.46. The van der Waals surface area contributed by atoms with Crippen molar-refractivity contribution in [2.75, 3.05) is 0 Å². The van der Waals surface area contributed by atoms with Crippen molar-refractivity contribution < 1.29 is 0 Å². The van der Waals surface area contributed by atoms with E-state index in [0.717, 1.165) is 0 Å². The maximum atomic E-state index is 2.43. The van der Waals surface area contributed by atoms with E-state index in [0.29, 0.717) is 0 Å². The molecule has 0 heterocycles. The Morgan fingerprint density at radius 2 is 0.822 bits per heavy atom. The topological polar surface area (TPSA) is 0 Å². The normalized spacial score (nSPS) is 13.3. The van der Waals surface area contributed by atoms with Gasteiger partial charge in [-0.1, -0.05) is 166 Å². The second-order valence-electron chi connectivity index (χ2n) is 12.9. The Balaban J connectivity index is 1.17. The van der Waals surface area contributed by atoms with Crippen molar-refractivity contribution in [3.8, 4) is 44.5 Å². The first-order valence-electron chi connectivity index (χ1n) is 15.9. The lowest BCUT2D eigenvalue weighted by Crippen LogP contribution is -2.15. The summed E-state index contributed by atoms with van der Waals surface area (Å²) < 4.78 is 0. The third-order valence-electron chi connectivity index (χ3n) is 10.0. The fourth-order valence-corrected chi connectivity index (χ4v) is 7.96. The molecule has 0 nitrogen and oxygen atoms in total. The largest absolute Gasteiger partial charge is 0.0622 e. The zero-order chi connectivity index (χ0) is 30.1. The molecule has 0 aliphatic heterocycles. The third-order valence-corrected chi connectivity index (χ3v) is 10.0. The number of benzene rings is 8. The smallest absolute Gasteiger partial charge is 0.0165 e. The SMILES string of the molecule is CC1(C)c2cc(-c3ccc(-c4c5ccccc5c(-c5ccccc5)c5ccccc45)cc3)ccc2-c2ccc3ccccc3c21. The highest BCUT2D eigenvalue weighted by Crippen LogP contribution is 2.52. The maximum absolute atomic E-state index is 2.43. The van der Waals surface area contributed by atoms with Gasteiger partial charge in [0.25, 0.3) is 0 Å². The molecule has 45 heavy (non-hydrogen) atoms. The second kappa shape index (κ2) is 9.78. The van der Waals surface area contributed by atoms with Gasteiger partial charge in [0, 0.05) is 5.41 Å². The summed E-state index contributed by atoms with van der Waals surface area (Å²) in [5.74, 6) is 0. The van der Waals surface area contributed by atoms with Crippen molar-refractivity contribution in [3.63, 3.8) is 0 Å². The van der Waals surface area contributed by atoms with Crippen molar-refractivity contribution in [2.45, 2.75) is 19.3 Å². The zero-order valence-electron chi connectivity index (χ0n) is 25.5. The predicted octanol–water partition coefficient (Wildman–Crippen LogP) is 12.5. The summed E-state index contributed by atoms with van der Waals surface area (Å²) in [5, 5.41) is 7.81. The van der Waals surface area contributed by atoms with E-state index in [4.69, 9.17) is 0 Å². The molecule has 1 aliphatic rings. The summed E-state index contributed by atoms with van der Waals surface area (Å²) in [6.07, 6.45) is 0. The third kappa shape index (κ3) is 3.85. The quantitative estimate of drug-likeness (QED) is 0.185. The maximum Gasteiger partial charge on any atom is 0.0165 e. The summed E-state index contributed by atoms with van der Waals surface area (Å²) in [6.45, 7) is 4.76. The number of fused-ring (bicyclic) bond motifs is 7. The van der Waals surface area contributed by atoms with Crippen LogP contribution in [0.1, 0.15) is 25.0 Å². The van der Waals surface area contributed by atoms with Gasteiger partial charge in [0.05, 0.1) is 0 Å². The van der Waals surface area contributed by atoms with Gasteiger partial charge in [0.1, 0.15) is 0 Å². The molecule has 0 aromatic heterocycles. The minimum atomic E-state index is -0.0696. The molecule has 0 amide bonds. The van der Waals surface area contributed by atoms with Crippen LogP contribution in [0.3, 0.4) is 0 Å². The van der Waals surface area contributed by atoms with E-state index in [1.807, 2.05) is 0 Å². The highest BCUT2D eigenvalue weighted by atomic mass is 14.4. The molecule has 8 aromatic carbocycles. The molecule has 8 aromatic rings. The monoisotopic (exact) mass is 572 g/mol. The van der Waals surface area contributed by atoms with Crippen LogP contribution >= 0.6 is 0 Å². The van der Waals surface area contributed by atoms with E-state index in [9.17, 15) is 0 Å². The molecule has 212 valence electrons. The molecule has 0 bridgehead atoms. The summed E-state index contributed by atoms with van der Waals surface area (Å²) >= 11 is 0. The number of rotatable bonds is 3. The molecule has 1 aliphatic carbocycles. The van der Waals surface area contributed by atoms with Crippen LogP contribution in [0.2, 0.25) is 0 Å². The van der Waals surface area contributed by atoms with E-state index >= 15 is 0 Å². The Labute approximate surface area is 264 Å². The molecule has 0 saturated heterocycles. The highest BCUT2D eigenvalue weighted by Gasteiger charge is 2.37. The van der Waals surface area contributed by atoms with Crippen LogP contribution in [0.4, 0.5) is 0 Å². The summed E-state index contributed by atoms with van der Waals surface area (Å²) in [7, 11) is 0. The molecule has 0 fully saturated rings. The Kier molecular flexibility index (Phi) is 5.64. The summed E-state index contributed by atoms with van der Waals surface area (Å²) in [4.78, 5) is 0. The average molecular weight is 573 g/mol. The molecule has 0 saturated carbocycles. The molecule has 9 rings (SSSR count). The van der Waals surface area contributed by atoms with Gasteiger partial charge in [-0.2, -0.15) is 0 Å². The standard InChI is InChI=1S/C45H32/c1-45(2)41-28-33(25-26-35(41)40-27-24-30-12-6-7-15-34(30)44(40)45)29-20-22-32(23-21-29)43-38-18-10-8-16-36(38)42(31-13-4-3-5-14-31)37-17-9-11-19-39(37)43/h3-28H,1-2H3. The van der Waals surface area contributed by atoms with Gasteiger partial charge in [-0.25, -0.2) is 0 Å². The molecule has 0 heteroatoms. The molecule has 0 N–H and O–H groups in total. The first kappa shape index (κ1) is 26.0. The van der Waals surface area contributed by atoms with Gasteiger partial charge >= 0.3 is 0 Å². The molecule has 0 unspecified atom stereocenters. The Bertz CT molecular complexity index is 2370. The molecule has 0 atom stereocenters. The van der Waals surface area contributed by atoms with Crippen LogP contribution in [-0.2, 0) is 5.41 Å².